The largest absolute Gasteiger partial charge is 0.461 e. The van der Waals surface area contributed by atoms with E-state index in [1.807, 2.05) is 0 Å². The molecular weight excluding hydrogens is 563 g/mol. The van der Waals surface area contributed by atoms with Crippen LogP contribution in [0.3, 0.4) is 0 Å². The zero-order chi connectivity index (χ0) is 27.8. The zero-order valence-electron chi connectivity index (χ0n) is 21.0. The van der Waals surface area contributed by atoms with Crippen molar-refractivity contribution >= 4 is 48.9 Å². The topological polar surface area (TPSA) is 97.3 Å². The summed E-state index contributed by atoms with van der Waals surface area (Å²) in [6.07, 6.45) is 1.93. The van der Waals surface area contributed by atoms with Gasteiger partial charge in [-0.3, -0.25) is 4.90 Å². The standard InChI is InChI=1S/C28H21ClF3N5O2S/c29-22-20(14-2-3-19(30)24-21(14)15(7-33)26(34)40-24)18-11-38-10-17(18)16-8-35-27(36-23(16)22)39-12-28-4-1-5-37(28)9-13(6-28)25(31)32/h2-3,8H,1,4-6,9-12,34H2/t28-/m1/s1. The normalized spacial score (nSPS) is 20.3. The van der Waals surface area contributed by atoms with Gasteiger partial charge in [0.25, 0.3) is 6.08 Å². The Labute approximate surface area is 235 Å². The van der Waals surface area contributed by atoms with Crippen LogP contribution in [0.2, 0.25) is 5.02 Å². The van der Waals surface area contributed by atoms with Gasteiger partial charge in [0, 0.05) is 34.7 Å². The Balaban J connectivity index is 1.34. The van der Waals surface area contributed by atoms with Crippen LogP contribution in [0.25, 0.3) is 32.1 Å². The predicted molar refractivity (Wildman–Crippen MR) is 146 cm³/mol. The molecule has 0 radical (unpaired) electrons. The highest BCUT2D eigenvalue weighted by atomic mass is 35.5. The molecule has 2 fully saturated rings. The molecule has 7 nitrogen and oxygen atoms in total. The van der Waals surface area contributed by atoms with Crippen LogP contribution < -0.4 is 10.5 Å². The van der Waals surface area contributed by atoms with Gasteiger partial charge in [-0.1, -0.05) is 17.7 Å². The lowest BCUT2D eigenvalue weighted by atomic mass is 9.91. The second-order valence-corrected chi connectivity index (χ2v) is 11.8. The number of rotatable bonds is 4. The van der Waals surface area contributed by atoms with Crippen LogP contribution in [-0.4, -0.2) is 40.1 Å². The summed E-state index contributed by atoms with van der Waals surface area (Å²) in [5.74, 6) is -0.474. The summed E-state index contributed by atoms with van der Waals surface area (Å²) in [7, 11) is 0. The number of fused-ring (bicyclic) bond motifs is 5. The van der Waals surface area contributed by atoms with E-state index in [-0.39, 0.29) is 53.0 Å². The highest BCUT2D eigenvalue weighted by molar-refractivity contribution is 7.23. The molecule has 2 saturated heterocycles. The van der Waals surface area contributed by atoms with Crippen LogP contribution in [0.15, 0.2) is 30.0 Å². The molecule has 0 spiro atoms. The number of hydrogen-bond donors (Lipinski definition) is 1. The number of nitrogen functional groups attached to an aromatic ring is 1. The lowest BCUT2D eigenvalue weighted by molar-refractivity contribution is 0.108. The number of nitrogens with two attached hydrogens (primary N) is 1. The fraction of sp³-hybridized carbons (Fsp3) is 0.321. The Morgan fingerprint density at radius 2 is 2.12 bits per heavy atom. The summed E-state index contributed by atoms with van der Waals surface area (Å²) in [5.41, 5.74) is 9.16. The molecule has 2 N–H and O–H groups in total. The number of anilines is 1. The average Bonchev–Trinajstić information content (AvgIpc) is 3.70. The second-order valence-electron chi connectivity index (χ2n) is 10.4. The Bertz CT molecular complexity index is 1820. The van der Waals surface area contributed by atoms with Crippen molar-refractivity contribution in [1.29, 1.82) is 5.26 Å². The number of hydrogen-bond acceptors (Lipinski definition) is 8. The molecule has 3 aliphatic rings. The molecule has 0 saturated carbocycles. The van der Waals surface area contributed by atoms with Gasteiger partial charge in [-0.05, 0) is 48.6 Å². The van der Waals surface area contributed by atoms with E-state index in [2.05, 4.69) is 20.9 Å². The van der Waals surface area contributed by atoms with Crippen LogP contribution in [0.4, 0.5) is 18.2 Å². The molecule has 1 atom stereocenters. The van der Waals surface area contributed by atoms with Crippen molar-refractivity contribution in [1.82, 2.24) is 14.9 Å². The van der Waals surface area contributed by atoms with Crippen LogP contribution in [0.5, 0.6) is 6.01 Å². The van der Waals surface area contributed by atoms with Crippen molar-refractivity contribution in [3.63, 3.8) is 0 Å². The Morgan fingerprint density at radius 1 is 1.30 bits per heavy atom. The van der Waals surface area contributed by atoms with Gasteiger partial charge < -0.3 is 15.2 Å². The first-order chi connectivity index (χ1) is 19.3. The van der Waals surface area contributed by atoms with Crippen molar-refractivity contribution in [2.75, 3.05) is 25.4 Å². The van der Waals surface area contributed by atoms with Crippen molar-refractivity contribution in [3.8, 4) is 23.2 Å². The molecular formula is C28H21ClF3N5O2S. The minimum atomic E-state index is -1.62. The molecule has 4 aromatic rings. The van der Waals surface area contributed by atoms with Gasteiger partial charge in [0.1, 0.15) is 23.5 Å². The van der Waals surface area contributed by atoms with Crippen LogP contribution in [0.1, 0.15) is 36.0 Å². The fourth-order valence-electron chi connectivity index (χ4n) is 6.42. The Kier molecular flexibility index (Phi) is 5.94. The third-order valence-electron chi connectivity index (χ3n) is 8.28. The lowest BCUT2D eigenvalue weighted by Gasteiger charge is -2.30. The number of ether oxygens (including phenoxy) is 2. The smallest absolute Gasteiger partial charge is 0.317 e. The molecule has 204 valence electrons. The van der Waals surface area contributed by atoms with Crippen molar-refractivity contribution in [2.24, 2.45) is 0 Å². The average molecular weight is 584 g/mol. The van der Waals surface area contributed by atoms with Crippen molar-refractivity contribution in [3.05, 3.63) is 57.5 Å². The van der Waals surface area contributed by atoms with Gasteiger partial charge in [0.2, 0.25) is 0 Å². The Hall–Kier alpha value is -3.43. The van der Waals surface area contributed by atoms with E-state index in [9.17, 15) is 18.4 Å². The molecule has 0 aliphatic carbocycles. The van der Waals surface area contributed by atoms with E-state index in [0.29, 0.717) is 39.0 Å². The molecule has 12 heteroatoms. The molecule has 40 heavy (non-hydrogen) atoms. The maximum absolute atomic E-state index is 14.8. The molecule has 0 bridgehead atoms. The first-order valence-electron chi connectivity index (χ1n) is 12.7. The van der Waals surface area contributed by atoms with E-state index >= 15 is 0 Å². The van der Waals surface area contributed by atoms with E-state index in [1.54, 1.807) is 12.3 Å². The summed E-state index contributed by atoms with van der Waals surface area (Å²) >= 11 is 8.06. The van der Waals surface area contributed by atoms with Gasteiger partial charge in [0.05, 0.1) is 39.6 Å². The molecule has 0 amide bonds. The van der Waals surface area contributed by atoms with Gasteiger partial charge in [-0.25, -0.2) is 9.37 Å². The summed E-state index contributed by atoms with van der Waals surface area (Å²) in [6.45, 7) is 1.74. The minimum absolute atomic E-state index is 0.0836. The minimum Gasteiger partial charge on any atom is -0.461 e. The van der Waals surface area contributed by atoms with Crippen LogP contribution >= 0.6 is 22.9 Å². The maximum Gasteiger partial charge on any atom is 0.317 e. The quantitative estimate of drug-likeness (QED) is 0.291. The number of benzene rings is 2. The molecule has 2 aromatic carbocycles. The summed E-state index contributed by atoms with van der Waals surface area (Å²) < 4.78 is 53.6. The third-order valence-corrected chi connectivity index (χ3v) is 9.67. The number of aromatic nitrogens is 2. The van der Waals surface area contributed by atoms with E-state index < -0.39 is 17.4 Å². The fourth-order valence-corrected chi connectivity index (χ4v) is 7.73. The van der Waals surface area contributed by atoms with E-state index in [4.69, 9.17) is 26.8 Å². The van der Waals surface area contributed by atoms with Gasteiger partial charge in [0.15, 0.2) is 0 Å². The van der Waals surface area contributed by atoms with Gasteiger partial charge >= 0.3 is 6.01 Å². The molecule has 0 unspecified atom stereocenters. The first-order valence-corrected chi connectivity index (χ1v) is 13.9. The number of nitriles is 1. The predicted octanol–water partition coefficient (Wildman–Crippen LogP) is 6.56. The second kappa shape index (κ2) is 9.31. The Morgan fingerprint density at radius 3 is 2.92 bits per heavy atom. The first kappa shape index (κ1) is 25.5. The van der Waals surface area contributed by atoms with Crippen LogP contribution in [-0.2, 0) is 18.0 Å². The summed E-state index contributed by atoms with van der Waals surface area (Å²) in [5, 5.41) is 11.4. The van der Waals surface area contributed by atoms with Gasteiger partial charge in [-0.15, -0.1) is 11.3 Å². The third kappa shape index (κ3) is 3.70. The molecule has 5 heterocycles. The summed E-state index contributed by atoms with van der Waals surface area (Å²) in [4.78, 5) is 11.1. The van der Waals surface area contributed by atoms with E-state index in [0.717, 1.165) is 41.9 Å². The highest BCUT2D eigenvalue weighted by Gasteiger charge is 2.48. The molecule has 3 aliphatic heterocycles. The monoisotopic (exact) mass is 583 g/mol. The van der Waals surface area contributed by atoms with Crippen molar-refractivity contribution < 1.29 is 22.6 Å². The SMILES string of the molecule is N#Cc1c(N)sc2c(F)ccc(-c3c4c(c5cnc(OC[C@]67CCCN6CC(=C(F)F)C7)nc5c3Cl)COC4)c12. The zero-order valence-corrected chi connectivity index (χ0v) is 22.6. The number of nitrogens with zero attached hydrogens (tertiary/aromatic N) is 4. The lowest BCUT2D eigenvalue weighted by Crippen LogP contribution is -2.43. The van der Waals surface area contributed by atoms with Crippen molar-refractivity contribution in [2.45, 2.75) is 38.0 Å². The van der Waals surface area contributed by atoms with Gasteiger partial charge in [-0.2, -0.15) is 19.0 Å². The van der Waals surface area contributed by atoms with E-state index in [1.165, 1.54) is 6.07 Å². The van der Waals surface area contributed by atoms with Crippen LogP contribution in [0, 0.1) is 17.1 Å². The summed E-state index contributed by atoms with van der Waals surface area (Å²) in [6, 6.07) is 5.12. The number of halogens is 4. The molecule has 7 rings (SSSR count). The number of thiophene rings is 1. The highest BCUT2D eigenvalue weighted by Crippen LogP contribution is 2.48. The molecule has 2 aromatic heterocycles. The maximum atomic E-state index is 14.8.